The number of halogens is 3. The van der Waals surface area contributed by atoms with Crippen molar-refractivity contribution < 1.29 is 14.3 Å². The molecule has 128 valence electrons. The third-order valence-corrected chi connectivity index (χ3v) is 5.36. The van der Waals surface area contributed by atoms with Crippen molar-refractivity contribution in [2.45, 2.75) is 0 Å². The number of rotatable bonds is 4. The highest BCUT2D eigenvalue weighted by molar-refractivity contribution is 7.21. The standard InChI is InChI=1S/C17H10Cl3NO3S/c18-9-1-4-11(5-2-9)21-14(22)8-24-17(23)16-15(20)12-6-3-10(19)7-13(12)25-16/h1-7H,8H2,(H,21,22). The minimum Gasteiger partial charge on any atom is -0.451 e. The van der Waals surface area contributed by atoms with Gasteiger partial charge in [0.15, 0.2) is 6.61 Å². The Morgan fingerprint density at radius 1 is 1.00 bits per heavy atom. The number of fused-ring (bicyclic) bond motifs is 1. The highest BCUT2D eigenvalue weighted by Crippen LogP contribution is 2.37. The van der Waals surface area contributed by atoms with Crippen molar-refractivity contribution in [1.82, 2.24) is 0 Å². The van der Waals surface area contributed by atoms with E-state index in [1.807, 2.05) is 0 Å². The summed E-state index contributed by atoms with van der Waals surface area (Å²) in [5.41, 5.74) is 0.556. The SMILES string of the molecule is O=C(COC(=O)c1sc2cc(Cl)ccc2c1Cl)Nc1ccc(Cl)cc1. The molecule has 0 aliphatic rings. The number of thiophene rings is 1. The molecule has 0 aliphatic carbocycles. The Morgan fingerprint density at radius 2 is 1.68 bits per heavy atom. The van der Waals surface area contributed by atoms with Gasteiger partial charge in [0.25, 0.3) is 5.91 Å². The van der Waals surface area contributed by atoms with Gasteiger partial charge in [0.05, 0.1) is 5.02 Å². The van der Waals surface area contributed by atoms with Crippen LogP contribution < -0.4 is 5.32 Å². The maximum absolute atomic E-state index is 12.2. The molecule has 0 radical (unpaired) electrons. The van der Waals surface area contributed by atoms with Crippen LogP contribution in [0.15, 0.2) is 42.5 Å². The van der Waals surface area contributed by atoms with E-state index in [-0.39, 0.29) is 4.88 Å². The fourth-order valence-electron chi connectivity index (χ4n) is 2.10. The van der Waals surface area contributed by atoms with E-state index >= 15 is 0 Å². The van der Waals surface area contributed by atoms with Gasteiger partial charge in [-0.25, -0.2) is 4.79 Å². The molecular formula is C17H10Cl3NO3S. The van der Waals surface area contributed by atoms with E-state index in [0.29, 0.717) is 26.1 Å². The highest BCUT2D eigenvalue weighted by Gasteiger charge is 2.19. The van der Waals surface area contributed by atoms with Gasteiger partial charge < -0.3 is 10.1 Å². The zero-order chi connectivity index (χ0) is 18.0. The van der Waals surface area contributed by atoms with E-state index in [1.54, 1.807) is 42.5 Å². The Labute approximate surface area is 162 Å². The van der Waals surface area contributed by atoms with Crippen LogP contribution >= 0.6 is 46.1 Å². The number of anilines is 1. The molecule has 0 saturated heterocycles. The molecule has 0 atom stereocenters. The predicted octanol–water partition coefficient (Wildman–Crippen LogP) is 5.66. The number of ether oxygens (including phenoxy) is 1. The molecule has 0 spiro atoms. The number of nitrogens with one attached hydrogen (secondary N) is 1. The van der Waals surface area contributed by atoms with E-state index in [9.17, 15) is 9.59 Å². The summed E-state index contributed by atoms with van der Waals surface area (Å²) in [4.78, 5) is 24.3. The molecule has 0 aliphatic heterocycles. The van der Waals surface area contributed by atoms with E-state index in [1.165, 1.54) is 11.3 Å². The fourth-order valence-corrected chi connectivity index (χ4v) is 3.90. The summed E-state index contributed by atoms with van der Waals surface area (Å²) in [6.07, 6.45) is 0. The summed E-state index contributed by atoms with van der Waals surface area (Å²) in [5.74, 6) is -1.12. The molecule has 0 unspecified atom stereocenters. The first kappa shape index (κ1) is 18.0. The molecule has 1 amide bonds. The van der Waals surface area contributed by atoms with Crippen LogP contribution in [0, 0.1) is 0 Å². The van der Waals surface area contributed by atoms with Gasteiger partial charge in [-0.05, 0) is 36.4 Å². The zero-order valence-electron chi connectivity index (χ0n) is 12.5. The van der Waals surface area contributed by atoms with Gasteiger partial charge in [-0.15, -0.1) is 11.3 Å². The van der Waals surface area contributed by atoms with Gasteiger partial charge in [-0.3, -0.25) is 4.79 Å². The molecule has 8 heteroatoms. The van der Waals surface area contributed by atoms with Crippen LogP contribution in [0.5, 0.6) is 0 Å². The summed E-state index contributed by atoms with van der Waals surface area (Å²) in [6, 6.07) is 11.7. The monoisotopic (exact) mass is 413 g/mol. The van der Waals surface area contributed by atoms with Gasteiger partial charge in [-0.2, -0.15) is 0 Å². The van der Waals surface area contributed by atoms with Crippen molar-refractivity contribution in [1.29, 1.82) is 0 Å². The normalized spacial score (nSPS) is 10.7. The predicted molar refractivity (Wildman–Crippen MR) is 102 cm³/mol. The molecule has 0 saturated carbocycles. The number of carbonyl (C=O) groups is 2. The zero-order valence-corrected chi connectivity index (χ0v) is 15.6. The summed E-state index contributed by atoms with van der Waals surface area (Å²) in [7, 11) is 0. The van der Waals surface area contributed by atoms with E-state index in [4.69, 9.17) is 39.5 Å². The van der Waals surface area contributed by atoms with Crippen molar-refractivity contribution in [3.05, 3.63) is 62.4 Å². The topological polar surface area (TPSA) is 55.4 Å². The summed E-state index contributed by atoms with van der Waals surface area (Å²) < 4.78 is 5.82. The smallest absolute Gasteiger partial charge is 0.350 e. The average Bonchev–Trinajstić information content (AvgIpc) is 2.91. The second-order valence-corrected chi connectivity index (χ2v) is 7.32. The van der Waals surface area contributed by atoms with Crippen LogP contribution in [0.3, 0.4) is 0 Å². The number of carbonyl (C=O) groups excluding carboxylic acids is 2. The van der Waals surface area contributed by atoms with Crippen molar-refractivity contribution in [2.75, 3.05) is 11.9 Å². The van der Waals surface area contributed by atoms with E-state index < -0.39 is 18.5 Å². The summed E-state index contributed by atoms with van der Waals surface area (Å²) in [5, 5.41) is 4.72. The molecule has 2 aromatic carbocycles. The molecule has 3 aromatic rings. The fraction of sp³-hybridized carbons (Fsp3) is 0.0588. The number of benzene rings is 2. The second kappa shape index (κ2) is 7.62. The lowest BCUT2D eigenvalue weighted by molar-refractivity contribution is -0.119. The Balaban J connectivity index is 1.65. The Kier molecular flexibility index (Phi) is 5.49. The number of amides is 1. The van der Waals surface area contributed by atoms with Gasteiger partial charge in [-0.1, -0.05) is 40.9 Å². The molecule has 0 fully saturated rings. The molecule has 3 rings (SSSR count). The van der Waals surface area contributed by atoms with Crippen molar-refractivity contribution in [2.24, 2.45) is 0 Å². The lowest BCUT2D eigenvalue weighted by Gasteiger charge is -2.06. The van der Waals surface area contributed by atoms with Gasteiger partial charge in [0.1, 0.15) is 4.88 Å². The quantitative estimate of drug-likeness (QED) is 0.561. The first-order valence-corrected chi connectivity index (χ1v) is 8.99. The molecule has 1 N–H and O–H groups in total. The molecule has 1 aromatic heterocycles. The number of hydrogen-bond acceptors (Lipinski definition) is 4. The maximum atomic E-state index is 12.2. The Bertz CT molecular complexity index is 954. The molecular weight excluding hydrogens is 405 g/mol. The van der Waals surface area contributed by atoms with Crippen LogP contribution in [0.25, 0.3) is 10.1 Å². The first-order valence-electron chi connectivity index (χ1n) is 7.04. The number of esters is 1. The van der Waals surface area contributed by atoms with Crippen LogP contribution in [-0.4, -0.2) is 18.5 Å². The second-order valence-electron chi connectivity index (χ2n) is 5.02. The third-order valence-electron chi connectivity index (χ3n) is 3.24. The van der Waals surface area contributed by atoms with Crippen LogP contribution in [0.2, 0.25) is 15.1 Å². The molecule has 25 heavy (non-hydrogen) atoms. The average molecular weight is 415 g/mol. The van der Waals surface area contributed by atoms with Gasteiger partial charge in [0.2, 0.25) is 0 Å². The third kappa shape index (κ3) is 4.25. The van der Waals surface area contributed by atoms with Crippen molar-refractivity contribution >= 4 is 73.8 Å². The van der Waals surface area contributed by atoms with Crippen molar-refractivity contribution in [3.63, 3.8) is 0 Å². The van der Waals surface area contributed by atoms with Crippen LogP contribution in [0.1, 0.15) is 9.67 Å². The summed E-state index contributed by atoms with van der Waals surface area (Å²) >= 11 is 19.1. The van der Waals surface area contributed by atoms with Gasteiger partial charge in [0, 0.05) is 25.8 Å². The lowest BCUT2D eigenvalue weighted by atomic mass is 10.2. The minimum atomic E-state index is -0.659. The molecule has 1 heterocycles. The first-order chi connectivity index (χ1) is 11.9. The Hall–Kier alpha value is -1.79. The van der Waals surface area contributed by atoms with Crippen LogP contribution in [-0.2, 0) is 9.53 Å². The maximum Gasteiger partial charge on any atom is 0.350 e. The Morgan fingerprint density at radius 3 is 2.40 bits per heavy atom. The molecule has 0 bridgehead atoms. The number of hydrogen-bond donors (Lipinski definition) is 1. The molecule has 4 nitrogen and oxygen atoms in total. The largest absolute Gasteiger partial charge is 0.451 e. The summed E-state index contributed by atoms with van der Waals surface area (Å²) in [6.45, 7) is -0.424. The van der Waals surface area contributed by atoms with Crippen molar-refractivity contribution in [3.8, 4) is 0 Å². The van der Waals surface area contributed by atoms with Crippen LogP contribution in [0.4, 0.5) is 5.69 Å². The highest BCUT2D eigenvalue weighted by atomic mass is 35.5. The van der Waals surface area contributed by atoms with E-state index in [0.717, 1.165) is 4.70 Å². The minimum absolute atomic E-state index is 0.234. The van der Waals surface area contributed by atoms with E-state index in [2.05, 4.69) is 5.32 Å². The lowest BCUT2D eigenvalue weighted by Crippen LogP contribution is -2.20. The van der Waals surface area contributed by atoms with Gasteiger partial charge >= 0.3 is 5.97 Å².